The average Bonchev–Trinajstić information content (AvgIpc) is 3.19. The lowest BCUT2D eigenvalue weighted by molar-refractivity contribution is -0.117. The van der Waals surface area contributed by atoms with Crippen molar-refractivity contribution >= 4 is 45.4 Å². The van der Waals surface area contributed by atoms with Gasteiger partial charge in [0.2, 0.25) is 5.91 Å². The lowest BCUT2D eigenvalue weighted by Crippen LogP contribution is -2.47. The number of nitrogens with two attached hydrogens (primary N) is 1. The van der Waals surface area contributed by atoms with Gasteiger partial charge in [0.25, 0.3) is 5.91 Å². The summed E-state index contributed by atoms with van der Waals surface area (Å²) >= 11 is 5.98. The van der Waals surface area contributed by atoms with Crippen LogP contribution >= 0.6 is 11.6 Å². The highest BCUT2D eigenvalue weighted by Crippen LogP contribution is 2.32. The number of primary amides is 1. The Hall–Kier alpha value is -3.49. The van der Waals surface area contributed by atoms with E-state index in [0.717, 1.165) is 24.0 Å². The minimum atomic E-state index is -0.520. The first-order valence-corrected chi connectivity index (χ1v) is 11.3. The summed E-state index contributed by atoms with van der Waals surface area (Å²) in [4.78, 5) is 37.0. The van der Waals surface area contributed by atoms with Crippen LogP contribution in [0.3, 0.4) is 0 Å². The van der Waals surface area contributed by atoms with E-state index in [0.29, 0.717) is 46.5 Å². The van der Waals surface area contributed by atoms with Gasteiger partial charge in [-0.15, -0.1) is 0 Å². The van der Waals surface area contributed by atoms with Crippen molar-refractivity contribution < 1.29 is 14.0 Å². The Kier molecular flexibility index (Phi) is 5.71. The number of amides is 2. The zero-order valence-electron chi connectivity index (χ0n) is 18.6. The van der Waals surface area contributed by atoms with Crippen LogP contribution in [-0.2, 0) is 11.2 Å². The SMILES string of the molecule is CN1CCN(C(=O)c2ccc3c(c2)[nH]c2c(CC(N)=O)cc(-c4ccc(F)c(Cl)c4)nc23)CC1. The number of H-pyrrole nitrogens is 1. The molecule has 3 heterocycles. The first-order valence-electron chi connectivity index (χ1n) is 11.0. The maximum atomic E-state index is 13.7. The zero-order valence-corrected chi connectivity index (χ0v) is 19.3. The van der Waals surface area contributed by atoms with E-state index >= 15 is 0 Å². The Balaban J connectivity index is 1.61. The highest BCUT2D eigenvalue weighted by atomic mass is 35.5. The Morgan fingerprint density at radius 2 is 1.88 bits per heavy atom. The van der Waals surface area contributed by atoms with Crippen LogP contribution in [0.4, 0.5) is 4.39 Å². The number of hydrogen-bond acceptors (Lipinski definition) is 4. The van der Waals surface area contributed by atoms with E-state index in [2.05, 4.69) is 9.88 Å². The average molecular weight is 480 g/mol. The van der Waals surface area contributed by atoms with E-state index in [-0.39, 0.29) is 17.4 Å². The molecule has 2 amide bonds. The molecular weight excluding hydrogens is 457 g/mol. The van der Waals surface area contributed by atoms with E-state index in [1.165, 1.54) is 12.1 Å². The number of aromatic amines is 1. The van der Waals surface area contributed by atoms with Crippen LogP contribution in [0, 0.1) is 5.82 Å². The van der Waals surface area contributed by atoms with Gasteiger partial charge in [-0.05, 0) is 55.1 Å². The molecule has 0 bridgehead atoms. The fourth-order valence-corrected chi connectivity index (χ4v) is 4.56. The third-order valence-corrected chi connectivity index (χ3v) is 6.54. The molecule has 0 unspecified atom stereocenters. The number of nitrogens with one attached hydrogen (secondary N) is 1. The monoisotopic (exact) mass is 479 g/mol. The van der Waals surface area contributed by atoms with Crippen LogP contribution in [0.2, 0.25) is 5.02 Å². The van der Waals surface area contributed by atoms with E-state index in [9.17, 15) is 14.0 Å². The van der Waals surface area contributed by atoms with Crippen LogP contribution in [0.1, 0.15) is 15.9 Å². The number of carbonyl (C=O) groups is 2. The van der Waals surface area contributed by atoms with Crippen molar-refractivity contribution in [3.8, 4) is 11.3 Å². The Morgan fingerprint density at radius 3 is 2.59 bits per heavy atom. The van der Waals surface area contributed by atoms with Crippen LogP contribution in [0.15, 0.2) is 42.5 Å². The van der Waals surface area contributed by atoms with Gasteiger partial charge in [0.15, 0.2) is 0 Å². The van der Waals surface area contributed by atoms with Gasteiger partial charge < -0.3 is 20.5 Å². The highest BCUT2D eigenvalue weighted by Gasteiger charge is 2.22. The van der Waals surface area contributed by atoms with Gasteiger partial charge in [0, 0.05) is 48.2 Å². The third kappa shape index (κ3) is 4.10. The van der Waals surface area contributed by atoms with Gasteiger partial charge in [0.1, 0.15) is 5.82 Å². The molecule has 34 heavy (non-hydrogen) atoms. The van der Waals surface area contributed by atoms with Gasteiger partial charge in [-0.2, -0.15) is 0 Å². The van der Waals surface area contributed by atoms with Gasteiger partial charge in [0.05, 0.1) is 28.2 Å². The molecule has 4 aromatic rings. The first kappa shape index (κ1) is 22.3. The summed E-state index contributed by atoms with van der Waals surface area (Å²) in [7, 11) is 2.04. The van der Waals surface area contributed by atoms with Crippen molar-refractivity contribution in [3.05, 3.63) is 64.4 Å². The van der Waals surface area contributed by atoms with Crippen molar-refractivity contribution in [1.29, 1.82) is 0 Å². The number of fused-ring (bicyclic) bond motifs is 3. The molecule has 0 saturated carbocycles. The normalized spacial score (nSPS) is 14.7. The second-order valence-corrected chi connectivity index (χ2v) is 9.05. The summed E-state index contributed by atoms with van der Waals surface area (Å²) in [5.74, 6) is -1.02. The molecule has 5 rings (SSSR count). The van der Waals surface area contributed by atoms with Gasteiger partial charge >= 0.3 is 0 Å². The molecule has 7 nitrogen and oxygen atoms in total. The predicted octanol–water partition coefficient (Wildman–Crippen LogP) is 3.59. The molecule has 3 N–H and O–H groups in total. The largest absolute Gasteiger partial charge is 0.369 e. The number of nitrogens with zero attached hydrogens (tertiary/aromatic N) is 3. The summed E-state index contributed by atoms with van der Waals surface area (Å²) in [5, 5.41) is 0.799. The van der Waals surface area contributed by atoms with Gasteiger partial charge in [-0.3, -0.25) is 9.59 Å². The standard InChI is InChI=1S/C25H23ClFN5O2/c1-31-6-8-32(9-7-31)25(34)15-2-4-17-21(11-15)30-23-16(13-22(28)33)12-20(29-24(17)23)14-3-5-19(27)18(26)10-14/h2-5,10-12,30H,6-9,13H2,1H3,(H2,28,33). The van der Waals surface area contributed by atoms with Crippen LogP contribution < -0.4 is 5.73 Å². The topological polar surface area (TPSA) is 95.3 Å². The molecular formula is C25H23ClFN5O2. The van der Waals surface area contributed by atoms with Crippen LogP contribution in [0.5, 0.6) is 0 Å². The van der Waals surface area contributed by atoms with E-state index < -0.39 is 11.7 Å². The van der Waals surface area contributed by atoms with E-state index in [4.69, 9.17) is 22.3 Å². The summed E-state index contributed by atoms with van der Waals surface area (Å²) in [6, 6.07) is 11.6. The number of carbonyl (C=O) groups excluding carboxylic acids is 2. The number of aromatic nitrogens is 2. The van der Waals surface area contributed by atoms with Crippen molar-refractivity contribution in [2.75, 3.05) is 33.2 Å². The van der Waals surface area contributed by atoms with E-state index in [1.54, 1.807) is 18.2 Å². The zero-order chi connectivity index (χ0) is 24.0. The summed E-state index contributed by atoms with van der Waals surface area (Å²) in [5.41, 5.74) is 9.97. The molecule has 0 spiro atoms. The van der Waals surface area contributed by atoms with Crippen molar-refractivity contribution in [2.24, 2.45) is 5.73 Å². The Labute approximate surface area is 200 Å². The van der Waals surface area contributed by atoms with Crippen molar-refractivity contribution in [2.45, 2.75) is 6.42 Å². The van der Waals surface area contributed by atoms with Gasteiger partial charge in [-0.1, -0.05) is 11.6 Å². The molecule has 2 aromatic carbocycles. The molecule has 174 valence electrons. The maximum Gasteiger partial charge on any atom is 0.254 e. The van der Waals surface area contributed by atoms with Gasteiger partial charge in [-0.25, -0.2) is 9.37 Å². The lowest BCUT2D eigenvalue weighted by atomic mass is 10.0. The highest BCUT2D eigenvalue weighted by molar-refractivity contribution is 6.31. The quantitative estimate of drug-likeness (QED) is 0.467. The molecule has 1 aliphatic heterocycles. The second-order valence-electron chi connectivity index (χ2n) is 8.64. The number of benzene rings is 2. The molecule has 1 aliphatic rings. The number of halogens is 2. The van der Waals surface area contributed by atoms with Crippen molar-refractivity contribution in [1.82, 2.24) is 19.8 Å². The molecule has 2 aromatic heterocycles. The second kappa shape index (κ2) is 8.70. The van der Waals surface area contributed by atoms with Crippen LogP contribution in [-0.4, -0.2) is 64.8 Å². The fraction of sp³-hybridized carbons (Fsp3) is 0.240. The van der Waals surface area contributed by atoms with E-state index in [1.807, 2.05) is 24.1 Å². The number of pyridine rings is 1. The molecule has 0 aliphatic carbocycles. The third-order valence-electron chi connectivity index (χ3n) is 6.25. The van der Waals surface area contributed by atoms with Crippen LogP contribution in [0.25, 0.3) is 33.2 Å². The minimum absolute atomic E-state index is 0.000845. The smallest absolute Gasteiger partial charge is 0.254 e. The number of rotatable bonds is 4. The molecule has 1 fully saturated rings. The number of likely N-dealkylation sites (N-methyl/N-ethyl adjacent to an activating group) is 1. The summed E-state index contributed by atoms with van der Waals surface area (Å²) in [6.45, 7) is 3.07. The maximum absolute atomic E-state index is 13.7. The molecule has 9 heteroatoms. The fourth-order valence-electron chi connectivity index (χ4n) is 4.38. The number of hydrogen-bond donors (Lipinski definition) is 2. The summed E-state index contributed by atoms with van der Waals surface area (Å²) < 4.78 is 13.7. The minimum Gasteiger partial charge on any atom is -0.369 e. The molecule has 0 atom stereocenters. The Morgan fingerprint density at radius 1 is 1.12 bits per heavy atom. The lowest BCUT2D eigenvalue weighted by Gasteiger charge is -2.32. The first-order chi connectivity index (χ1) is 16.3. The Bertz CT molecular complexity index is 1440. The predicted molar refractivity (Wildman–Crippen MR) is 130 cm³/mol. The number of piperazine rings is 1. The molecule has 0 radical (unpaired) electrons. The summed E-state index contributed by atoms with van der Waals surface area (Å²) in [6.07, 6.45) is 0.000845. The van der Waals surface area contributed by atoms with Crippen molar-refractivity contribution in [3.63, 3.8) is 0 Å². The molecule has 1 saturated heterocycles.